The lowest BCUT2D eigenvalue weighted by atomic mass is 10.3. The molecule has 0 aliphatic rings. The Kier molecular flexibility index (Phi) is 3.30. The molecule has 0 N–H and O–H groups in total. The van der Waals surface area contributed by atoms with E-state index >= 15 is 0 Å². The maximum Gasteiger partial charge on any atom is 0.134 e. The number of thiazole rings is 1. The molecule has 0 amide bonds. The zero-order chi connectivity index (χ0) is 9.80. The fraction of sp³-hybridized carbons (Fsp3) is 0.111. The van der Waals surface area contributed by atoms with Crippen molar-refractivity contribution in [2.45, 2.75) is 4.90 Å². The van der Waals surface area contributed by atoms with E-state index in [1.165, 1.54) is 21.4 Å². The minimum atomic E-state index is 0.770. The van der Waals surface area contributed by atoms with Crippen molar-refractivity contribution in [1.29, 1.82) is 5.26 Å². The fourth-order valence-electron chi connectivity index (χ4n) is 1.05. The van der Waals surface area contributed by atoms with Crippen LogP contribution in [0.3, 0.4) is 0 Å². The highest BCUT2D eigenvalue weighted by atomic mass is 32.2. The van der Waals surface area contributed by atoms with Gasteiger partial charge in [-0.1, -0.05) is 0 Å². The molecule has 2 aromatic rings. The number of fused-ring (bicyclic) bond motifs is 1. The van der Waals surface area contributed by atoms with E-state index in [0.717, 1.165) is 10.6 Å². The van der Waals surface area contributed by atoms with Crippen molar-refractivity contribution in [2.75, 3.05) is 5.08 Å². The Bertz CT molecular complexity index is 472. The number of aromatic nitrogens is 1. The molecule has 0 bridgehead atoms. The van der Waals surface area contributed by atoms with E-state index in [2.05, 4.69) is 28.6 Å². The van der Waals surface area contributed by atoms with Crippen LogP contribution in [-0.2, 0) is 0 Å². The van der Waals surface area contributed by atoms with Gasteiger partial charge < -0.3 is 0 Å². The molecule has 2 rings (SSSR count). The molecular formula is C9H6N2S3. The van der Waals surface area contributed by atoms with Gasteiger partial charge in [0.25, 0.3) is 0 Å². The second kappa shape index (κ2) is 4.69. The topological polar surface area (TPSA) is 36.7 Å². The van der Waals surface area contributed by atoms with Gasteiger partial charge in [0.2, 0.25) is 0 Å². The number of hydrogen-bond donors (Lipinski definition) is 0. The summed E-state index contributed by atoms with van der Waals surface area (Å²) < 4.78 is 1.21. The molecule has 14 heavy (non-hydrogen) atoms. The largest absolute Gasteiger partial charge is 0.245 e. The SMILES string of the molecule is N#CSCSc1ccc2scnc2c1. The predicted molar refractivity (Wildman–Crippen MR) is 63.5 cm³/mol. The van der Waals surface area contributed by atoms with Gasteiger partial charge in [0.05, 0.1) is 20.8 Å². The average Bonchev–Trinajstić information content (AvgIpc) is 2.65. The van der Waals surface area contributed by atoms with Crippen LogP contribution in [0.2, 0.25) is 0 Å². The summed E-state index contributed by atoms with van der Waals surface area (Å²) in [6.07, 6.45) is 0. The van der Waals surface area contributed by atoms with Crippen LogP contribution < -0.4 is 0 Å². The number of hydrogen-bond acceptors (Lipinski definition) is 5. The number of thioether (sulfide) groups is 2. The first-order valence-corrected chi connectivity index (χ1v) is 6.72. The number of benzene rings is 1. The first kappa shape index (κ1) is 9.84. The number of rotatable bonds is 3. The van der Waals surface area contributed by atoms with Crippen LogP contribution in [0.5, 0.6) is 0 Å². The Balaban J connectivity index is 2.14. The van der Waals surface area contributed by atoms with Gasteiger partial charge >= 0.3 is 0 Å². The van der Waals surface area contributed by atoms with E-state index in [4.69, 9.17) is 5.26 Å². The van der Waals surface area contributed by atoms with Crippen LogP contribution >= 0.6 is 34.9 Å². The molecule has 70 valence electrons. The van der Waals surface area contributed by atoms with Gasteiger partial charge in [-0.05, 0) is 30.0 Å². The van der Waals surface area contributed by atoms with Crippen molar-refractivity contribution in [3.63, 3.8) is 0 Å². The summed E-state index contributed by atoms with van der Waals surface area (Å²) in [6.45, 7) is 0. The molecular weight excluding hydrogens is 232 g/mol. The van der Waals surface area contributed by atoms with Crippen molar-refractivity contribution >= 4 is 45.1 Å². The summed E-state index contributed by atoms with van der Waals surface area (Å²) >= 11 is 4.58. The molecule has 0 radical (unpaired) electrons. The monoisotopic (exact) mass is 238 g/mol. The van der Waals surface area contributed by atoms with Crippen LogP contribution in [0, 0.1) is 10.7 Å². The van der Waals surface area contributed by atoms with E-state index in [1.807, 2.05) is 5.51 Å². The molecule has 0 aliphatic carbocycles. The predicted octanol–water partition coefficient (Wildman–Crippen LogP) is 3.56. The highest BCUT2D eigenvalue weighted by Crippen LogP contribution is 2.26. The third-order valence-corrected chi connectivity index (χ3v) is 4.12. The first-order valence-electron chi connectivity index (χ1n) is 3.87. The number of thiocyanates is 1. The summed E-state index contributed by atoms with van der Waals surface area (Å²) in [7, 11) is 0. The Morgan fingerprint density at radius 1 is 1.50 bits per heavy atom. The molecule has 1 heterocycles. The Labute approximate surface area is 94.3 Å². The summed E-state index contributed by atoms with van der Waals surface area (Å²) in [5, 5.41) is 11.2. The molecule has 0 saturated carbocycles. The van der Waals surface area contributed by atoms with Gasteiger partial charge in [0.15, 0.2) is 0 Å². The quantitative estimate of drug-likeness (QED) is 0.354. The summed E-state index contributed by atoms with van der Waals surface area (Å²) in [6, 6.07) is 6.21. The molecule has 1 aromatic carbocycles. The lowest BCUT2D eigenvalue weighted by Crippen LogP contribution is -1.73. The molecule has 0 aliphatic heterocycles. The van der Waals surface area contributed by atoms with Crippen molar-refractivity contribution in [3.05, 3.63) is 23.7 Å². The minimum absolute atomic E-state index is 0.770. The first-order chi connectivity index (χ1) is 6.90. The maximum atomic E-state index is 8.37. The highest BCUT2D eigenvalue weighted by molar-refractivity contribution is 8.18. The fourth-order valence-corrected chi connectivity index (χ4v) is 3.06. The average molecular weight is 238 g/mol. The number of nitrogens with zero attached hydrogens (tertiary/aromatic N) is 2. The summed E-state index contributed by atoms with van der Waals surface area (Å²) in [5.41, 5.74) is 2.89. The second-order valence-electron chi connectivity index (χ2n) is 2.48. The molecule has 1 aromatic heterocycles. The zero-order valence-corrected chi connectivity index (χ0v) is 9.59. The van der Waals surface area contributed by atoms with Crippen molar-refractivity contribution < 1.29 is 0 Å². The van der Waals surface area contributed by atoms with Crippen LogP contribution in [0.4, 0.5) is 0 Å². The van der Waals surface area contributed by atoms with Gasteiger partial charge in [-0.2, -0.15) is 5.26 Å². The van der Waals surface area contributed by atoms with E-state index < -0.39 is 0 Å². The van der Waals surface area contributed by atoms with Crippen LogP contribution in [0.25, 0.3) is 10.2 Å². The van der Waals surface area contributed by atoms with Crippen molar-refractivity contribution in [3.8, 4) is 5.40 Å². The maximum absolute atomic E-state index is 8.37. The van der Waals surface area contributed by atoms with E-state index in [1.54, 1.807) is 23.1 Å². The standard InChI is InChI=1S/C9H6N2S3/c10-4-12-6-14-7-1-2-9-8(3-7)11-5-13-9/h1-3,5H,6H2. The lowest BCUT2D eigenvalue weighted by Gasteiger charge is -1.97. The summed E-state index contributed by atoms with van der Waals surface area (Å²) in [4.78, 5) is 5.41. The molecule has 0 unspecified atom stereocenters. The lowest BCUT2D eigenvalue weighted by molar-refractivity contribution is 1.44. The normalized spacial score (nSPS) is 10.2. The van der Waals surface area contributed by atoms with Gasteiger partial charge in [-0.25, -0.2) is 4.98 Å². The Morgan fingerprint density at radius 2 is 2.43 bits per heavy atom. The third-order valence-electron chi connectivity index (χ3n) is 1.65. The van der Waals surface area contributed by atoms with Gasteiger partial charge in [0, 0.05) is 4.90 Å². The van der Waals surface area contributed by atoms with Gasteiger partial charge in [-0.3, -0.25) is 0 Å². The minimum Gasteiger partial charge on any atom is -0.245 e. The molecule has 0 atom stereocenters. The van der Waals surface area contributed by atoms with Crippen molar-refractivity contribution in [1.82, 2.24) is 4.98 Å². The summed E-state index contributed by atoms with van der Waals surface area (Å²) in [5.74, 6) is 0. The molecule has 2 nitrogen and oxygen atoms in total. The molecule has 0 fully saturated rings. The van der Waals surface area contributed by atoms with Crippen LogP contribution in [0.15, 0.2) is 28.6 Å². The Hall–Kier alpha value is -0.700. The third kappa shape index (κ3) is 2.21. The van der Waals surface area contributed by atoms with E-state index in [9.17, 15) is 0 Å². The molecule has 0 spiro atoms. The van der Waals surface area contributed by atoms with E-state index in [-0.39, 0.29) is 0 Å². The van der Waals surface area contributed by atoms with Crippen LogP contribution in [-0.4, -0.2) is 10.1 Å². The second-order valence-corrected chi connectivity index (χ2v) is 5.54. The van der Waals surface area contributed by atoms with Gasteiger partial charge in [0.1, 0.15) is 5.40 Å². The molecule has 0 saturated heterocycles. The molecule has 5 heteroatoms. The smallest absolute Gasteiger partial charge is 0.134 e. The van der Waals surface area contributed by atoms with Crippen LogP contribution in [0.1, 0.15) is 0 Å². The highest BCUT2D eigenvalue weighted by Gasteiger charge is 1.99. The Morgan fingerprint density at radius 3 is 3.29 bits per heavy atom. The number of nitriles is 1. The van der Waals surface area contributed by atoms with Crippen molar-refractivity contribution in [2.24, 2.45) is 0 Å². The van der Waals surface area contributed by atoms with Gasteiger partial charge in [-0.15, -0.1) is 23.1 Å². The zero-order valence-electron chi connectivity index (χ0n) is 7.14. The van der Waals surface area contributed by atoms with E-state index in [0.29, 0.717) is 0 Å².